The number of carbonyl (C=O) groups excluding carboxylic acids is 3. The molecule has 27 heavy (non-hydrogen) atoms. The van der Waals surface area contributed by atoms with Crippen LogP contribution in [-0.2, 0) is 25.5 Å². The van der Waals surface area contributed by atoms with Crippen molar-refractivity contribution in [3.63, 3.8) is 0 Å². The standard InChI is InChI=1S/C18H22N4O5/c1-12(23)19-6-7-20-18(25)16-11-22(8-9-26-16)17(24)10-14-13-4-2-3-5-15(13)27-21-14/h2-5,16H,6-11H2,1H3,(H,19,23)(H,20,25)/t16-/m1/s1. The first-order valence-corrected chi connectivity index (χ1v) is 8.79. The first-order valence-electron chi connectivity index (χ1n) is 8.79. The van der Waals surface area contributed by atoms with Gasteiger partial charge in [0.05, 0.1) is 19.6 Å². The Labute approximate surface area is 156 Å². The predicted molar refractivity (Wildman–Crippen MR) is 95.7 cm³/mol. The van der Waals surface area contributed by atoms with E-state index in [0.29, 0.717) is 30.9 Å². The Morgan fingerprint density at radius 1 is 1.22 bits per heavy atom. The highest BCUT2D eigenvalue weighted by atomic mass is 16.5. The smallest absolute Gasteiger partial charge is 0.251 e. The van der Waals surface area contributed by atoms with Crippen LogP contribution in [0.2, 0.25) is 0 Å². The fraction of sp³-hybridized carbons (Fsp3) is 0.444. The van der Waals surface area contributed by atoms with Crippen LogP contribution in [-0.4, -0.2) is 66.7 Å². The lowest BCUT2D eigenvalue weighted by Gasteiger charge is -2.32. The van der Waals surface area contributed by atoms with Crippen molar-refractivity contribution in [3.05, 3.63) is 30.0 Å². The molecule has 1 atom stereocenters. The molecule has 1 aliphatic heterocycles. The molecule has 0 spiro atoms. The molecule has 0 aliphatic carbocycles. The van der Waals surface area contributed by atoms with E-state index in [2.05, 4.69) is 15.8 Å². The summed E-state index contributed by atoms with van der Waals surface area (Å²) >= 11 is 0. The number of para-hydroxylation sites is 1. The van der Waals surface area contributed by atoms with Crippen LogP contribution >= 0.6 is 0 Å². The van der Waals surface area contributed by atoms with Crippen molar-refractivity contribution in [2.75, 3.05) is 32.8 Å². The van der Waals surface area contributed by atoms with Gasteiger partial charge in [0.15, 0.2) is 11.7 Å². The molecule has 2 aromatic rings. The van der Waals surface area contributed by atoms with Crippen molar-refractivity contribution in [2.45, 2.75) is 19.4 Å². The van der Waals surface area contributed by atoms with E-state index in [-0.39, 0.29) is 37.3 Å². The molecular weight excluding hydrogens is 352 g/mol. The number of amides is 3. The number of fused-ring (bicyclic) bond motifs is 1. The third kappa shape index (κ3) is 4.82. The molecule has 9 nitrogen and oxygen atoms in total. The Kier molecular flexibility index (Phi) is 6.02. The van der Waals surface area contributed by atoms with E-state index in [9.17, 15) is 14.4 Å². The average Bonchev–Trinajstić information content (AvgIpc) is 3.08. The second-order valence-electron chi connectivity index (χ2n) is 6.28. The van der Waals surface area contributed by atoms with E-state index in [1.165, 1.54) is 6.92 Å². The Bertz CT molecular complexity index is 834. The lowest BCUT2D eigenvalue weighted by molar-refractivity contribution is -0.146. The summed E-state index contributed by atoms with van der Waals surface area (Å²) in [6, 6.07) is 7.37. The quantitative estimate of drug-likeness (QED) is 0.680. The molecule has 0 bridgehead atoms. The van der Waals surface area contributed by atoms with E-state index in [0.717, 1.165) is 5.39 Å². The van der Waals surface area contributed by atoms with Gasteiger partial charge >= 0.3 is 0 Å². The zero-order chi connectivity index (χ0) is 19.2. The number of nitrogens with zero attached hydrogens (tertiary/aromatic N) is 2. The van der Waals surface area contributed by atoms with E-state index in [1.807, 2.05) is 18.2 Å². The van der Waals surface area contributed by atoms with Gasteiger partial charge in [-0.3, -0.25) is 14.4 Å². The van der Waals surface area contributed by atoms with E-state index < -0.39 is 6.10 Å². The molecule has 0 unspecified atom stereocenters. The van der Waals surface area contributed by atoms with Gasteiger partial charge in [-0.25, -0.2) is 0 Å². The number of aromatic nitrogens is 1. The summed E-state index contributed by atoms with van der Waals surface area (Å²) in [7, 11) is 0. The number of hydrogen-bond acceptors (Lipinski definition) is 6. The maximum absolute atomic E-state index is 12.6. The number of rotatable bonds is 6. The van der Waals surface area contributed by atoms with E-state index in [1.54, 1.807) is 11.0 Å². The highest BCUT2D eigenvalue weighted by Gasteiger charge is 2.29. The van der Waals surface area contributed by atoms with Crippen molar-refractivity contribution < 1.29 is 23.6 Å². The maximum atomic E-state index is 12.6. The number of morpholine rings is 1. The number of carbonyl (C=O) groups is 3. The first kappa shape index (κ1) is 18.8. The molecule has 1 aromatic carbocycles. The number of nitrogens with one attached hydrogen (secondary N) is 2. The highest BCUT2D eigenvalue weighted by molar-refractivity contribution is 5.87. The summed E-state index contributed by atoms with van der Waals surface area (Å²) in [6.45, 7) is 2.94. The first-order chi connectivity index (χ1) is 13.0. The van der Waals surface area contributed by atoms with Gasteiger partial charge in [-0.15, -0.1) is 0 Å². The molecule has 1 aliphatic rings. The van der Waals surface area contributed by atoms with Crippen molar-refractivity contribution in [1.82, 2.24) is 20.7 Å². The maximum Gasteiger partial charge on any atom is 0.251 e. The Hall–Kier alpha value is -2.94. The Morgan fingerprint density at radius 2 is 2.00 bits per heavy atom. The van der Waals surface area contributed by atoms with Gasteiger partial charge < -0.3 is 24.8 Å². The second kappa shape index (κ2) is 8.63. The van der Waals surface area contributed by atoms with Crippen LogP contribution in [0.15, 0.2) is 28.8 Å². The molecule has 3 rings (SSSR count). The molecule has 9 heteroatoms. The Morgan fingerprint density at radius 3 is 2.81 bits per heavy atom. The van der Waals surface area contributed by atoms with Gasteiger partial charge in [0.1, 0.15) is 5.69 Å². The summed E-state index contributed by atoms with van der Waals surface area (Å²) < 4.78 is 10.7. The molecule has 2 heterocycles. The predicted octanol–water partition coefficient (Wildman–Crippen LogP) is -0.150. The van der Waals surface area contributed by atoms with Gasteiger partial charge in [0, 0.05) is 31.9 Å². The van der Waals surface area contributed by atoms with Crippen molar-refractivity contribution in [1.29, 1.82) is 0 Å². The van der Waals surface area contributed by atoms with Gasteiger partial charge in [-0.2, -0.15) is 0 Å². The van der Waals surface area contributed by atoms with Crippen molar-refractivity contribution in [2.24, 2.45) is 0 Å². The van der Waals surface area contributed by atoms with Crippen molar-refractivity contribution in [3.8, 4) is 0 Å². The molecule has 0 radical (unpaired) electrons. The second-order valence-corrected chi connectivity index (χ2v) is 6.28. The number of ether oxygens (including phenoxy) is 1. The zero-order valence-electron chi connectivity index (χ0n) is 15.1. The monoisotopic (exact) mass is 374 g/mol. The Balaban J connectivity index is 1.53. The molecular formula is C18H22N4O5. The van der Waals surface area contributed by atoms with Crippen LogP contribution in [0.4, 0.5) is 0 Å². The fourth-order valence-electron chi connectivity index (χ4n) is 2.89. The normalized spacial score (nSPS) is 16.9. The molecule has 1 saturated heterocycles. The average molecular weight is 374 g/mol. The van der Waals surface area contributed by atoms with Crippen LogP contribution in [0.3, 0.4) is 0 Å². The summed E-state index contributed by atoms with van der Waals surface area (Å²) in [5.74, 6) is -0.589. The van der Waals surface area contributed by atoms with Crippen LogP contribution < -0.4 is 10.6 Å². The largest absolute Gasteiger partial charge is 0.365 e. The van der Waals surface area contributed by atoms with E-state index in [4.69, 9.17) is 9.26 Å². The molecule has 0 saturated carbocycles. The lowest BCUT2D eigenvalue weighted by Crippen LogP contribution is -2.52. The van der Waals surface area contributed by atoms with E-state index >= 15 is 0 Å². The minimum absolute atomic E-state index is 0.105. The summed E-state index contributed by atoms with van der Waals surface area (Å²) in [5.41, 5.74) is 1.22. The number of hydrogen-bond donors (Lipinski definition) is 2. The third-order valence-electron chi connectivity index (χ3n) is 4.28. The van der Waals surface area contributed by atoms with Crippen LogP contribution in [0.25, 0.3) is 11.0 Å². The van der Waals surface area contributed by atoms with Crippen LogP contribution in [0.1, 0.15) is 12.6 Å². The zero-order valence-corrected chi connectivity index (χ0v) is 15.1. The molecule has 3 amide bonds. The lowest BCUT2D eigenvalue weighted by atomic mass is 10.1. The topological polar surface area (TPSA) is 114 Å². The van der Waals surface area contributed by atoms with Gasteiger partial charge in [-0.1, -0.05) is 17.3 Å². The summed E-state index contributed by atoms with van der Waals surface area (Å²) in [5, 5.41) is 10.1. The summed E-state index contributed by atoms with van der Waals surface area (Å²) in [6.07, 6.45) is -0.623. The SMILES string of the molecule is CC(=O)NCCNC(=O)[C@H]1CN(C(=O)Cc2noc3ccccc23)CCO1. The van der Waals surface area contributed by atoms with Crippen LogP contribution in [0, 0.1) is 0 Å². The minimum atomic E-state index is -0.728. The van der Waals surface area contributed by atoms with Crippen molar-refractivity contribution >= 4 is 28.7 Å². The highest BCUT2D eigenvalue weighted by Crippen LogP contribution is 2.19. The van der Waals surface area contributed by atoms with Gasteiger partial charge in [-0.05, 0) is 12.1 Å². The van der Waals surface area contributed by atoms with Crippen LogP contribution in [0.5, 0.6) is 0 Å². The van der Waals surface area contributed by atoms with Gasteiger partial charge in [0.25, 0.3) is 5.91 Å². The number of benzene rings is 1. The molecule has 144 valence electrons. The summed E-state index contributed by atoms with van der Waals surface area (Å²) in [4.78, 5) is 37.2. The molecule has 1 aromatic heterocycles. The van der Waals surface area contributed by atoms with Gasteiger partial charge in [0.2, 0.25) is 11.8 Å². The molecule has 2 N–H and O–H groups in total. The third-order valence-corrected chi connectivity index (χ3v) is 4.28. The molecule has 1 fully saturated rings. The minimum Gasteiger partial charge on any atom is -0.365 e. The fourth-order valence-corrected chi connectivity index (χ4v) is 2.89.